The molecule has 1 aromatic carbocycles. The number of fused-ring (bicyclic) bond motifs is 1. The van der Waals surface area contributed by atoms with Crippen LogP contribution in [0.1, 0.15) is 16.3 Å². The van der Waals surface area contributed by atoms with Crippen molar-refractivity contribution >= 4 is 52.9 Å². The van der Waals surface area contributed by atoms with E-state index in [9.17, 15) is 4.79 Å². The number of nitrogens with one attached hydrogen (secondary N) is 2. The zero-order valence-corrected chi connectivity index (χ0v) is 18.5. The largest absolute Gasteiger partial charge is 0.482 e. The summed E-state index contributed by atoms with van der Waals surface area (Å²) in [5, 5.41) is 7.55. The molecule has 27 heavy (non-hydrogen) atoms. The summed E-state index contributed by atoms with van der Waals surface area (Å²) in [5.41, 5.74) is 0.838. The van der Waals surface area contributed by atoms with Crippen LogP contribution in [0, 0.1) is 6.92 Å². The van der Waals surface area contributed by atoms with E-state index in [0.29, 0.717) is 19.6 Å². The van der Waals surface area contributed by atoms with E-state index in [1.807, 2.05) is 37.4 Å². The van der Waals surface area contributed by atoms with E-state index in [0.717, 1.165) is 28.8 Å². The number of anilines is 1. The third-order valence-electron chi connectivity index (χ3n) is 3.96. The molecule has 0 unspecified atom stereocenters. The van der Waals surface area contributed by atoms with Crippen LogP contribution in [0.15, 0.2) is 35.5 Å². The first-order chi connectivity index (χ1) is 12.7. The van der Waals surface area contributed by atoms with E-state index in [4.69, 9.17) is 4.74 Å². The first-order valence-electron chi connectivity index (χ1n) is 8.55. The summed E-state index contributed by atoms with van der Waals surface area (Å²) in [6.45, 7) is 4.13. The number of benzene rings is 1. The summed E-state index contributed by atoms with van der Waals surface area (Å²) >= 11 is 1.67. The lowest BCUT2D eigenvalue weighted by Gasteiger charge is -2.29. The first-order valence-corrected chi connectivity index (χ1v) is 9.37. The Morgan fingerprint density at radius 2 is 2.19 bits per heavy atom. The molecule has 0 atom stereocenters. The van der Waals surface area contributed by atoms with Crippen molar-refractivity contribution in [3.63, 3.8) is 0 Å². The average Bonchev–Trinajstić information content (AvgIpc) is 3.08. The summed E-state index contributed by atoms with van der Waals surface area (Å²) in [7, 11) is 1.74. The van der Waals surface area contributed by atoms with Crippen molar-refractivity contribution in [3.05, 3.63) is 40.3 Å². The number of thiazole rings is 1. The van der Waals surface area contributed by atoms with Crippen molar-refractivity contribution in [1.29, 1.82) is 0 Å². The molecule has 1 amide bonds. The number of hydrogen-bond acceptors (Lipinski definition) is 5. The van der Waals surface area contributed by atoms with Gasteiger partial charge in [0.05, 0.1) is 12.2 Å². The molecule has 1 aliphatic heterocycles. The van der Waals surface area contributed by atoms with Gasteiger partial charge in [0, 0.05) is 31.2 Å². The second-order valence-corrected chi connectivity index (χ2v) is 7.19. The van der Waals surface area contributed by atoms with E-state index in [1.54, 1.807) is 23.3 Å². The third-order valence-corrected chi connectivity index (χ3v) is 4.87. The van der Waals surface area contributed by atoms with Gasteiger partial charge in [0.25, 0.3) is 5.91 Å². The first kappa shape index (κ1) is 21.4. The van der Waals surface area contributed by atoms with Crippen LogP contribution in [0.5, 0.6) is 5.75 Å². The highest BCUT2D eigenvalue weighted by Gasteiger charge is 2.24. The summed E-state index contributed by atoms with van der Waals surface area (Å²) in [5.74, 6) is 1.48. The van der Waals surface area contributed by atoms with Gasteiger partial charge in [-0.1, -0.05) is 12.1 Å². The number of halogens is 1. The smallest absolute Gasteiger partial charge is 0.265 e. The van der Waals surface area contributed by atoms with E-state index < -0.39 is 0 Å². The van der Waals surface area contributed by atoms with Crippen molar-refractivity contribution in [2.75, 3.05) is 31.6 Å². The van der Waals surface area contributed by atoms with Gasteiger partial charge in [0.2, 0.25) is 0 Å². The Kier molecular flexibility index (Phi) is 8.29. The number of carbonyl (C=O) groups is 1. The number of aliphatic imine (C=N–C) groups is 1. The Balaban J connectivity index is 0.00000261. The predicted octanol–water partition coefficient (Wildman–Crippen LogP) is 2.55. The summed E-state index contributed by atoms with van der Waals surface area (Å²) in [4.78, 5) is 23.7. The molecule has 146 valence electrons. The van der Waals surface area contributed by atoms with Crippen molar-refractivity contribution in [2.45, 2.75) is 19.9 Å². The van der Waals surface area contributed by atoms with Crippen LogP contribution in [0.25, 0.3) is 0 Å². The lowest BCUT2D eigenvalue weighted by atomic mass is 10.2. The Hall–Kier alpha value is -1.88. The van der Waals surface area contributed by atoms with Gasteiger partial charge in [-0.15, -0.1) is 35.3 Å². The maximum absolute atomic E-state index is 12.1. The van der Waals surface area contributed by atoms with E-state index in [1.165, 1.54) is 4.88 Å². The Labute approximate surface area is 180 Å². The average molecular weight is 501 g/mol. The molecule has 0 radical (unpaired) electrons. The lowest BCUT2D eigenvalue weighted by Crippen LogP contribution is -2.41. The quantitative estimate of drug-likeness (QED) is 0.276. The molecule has 0 saturated heterocycles. The summed E-state index contributed by atoms with van der Waals surface area (Å²) < 4.78 is 5.46. The molecule has 0 fully saturated rings. The second-order valence-electron chi connectivity index (χ2n) is 5.87. The molecule has 2 N–H and O–H groups in total. The van der Waals surface area contributed by atoms with Gasteiger partial charge in [-0.25, -0.2) is 4.98 Å². The van der Waals surface area contributed by atoms with Gasteiger partial charge in [0.15, 0.2) is 12.6 Å². The number of nitrogens with zero attached hydrogens (tertiary/aromatic N) is 3. The van der Waals surface area contributed by atoms with Crippen LogP contribution < -0.4 is 20.3 Å². The number of amides is 1. The highest BCUT2D eigenvalue weighted by molar-refractivity contribution is 14.0. The Morgan fingerprint density at radius 1 is 1.37 bits per heavy atom. The minimum absolute atomic E-state index is 0. The summed E-state index contributed by atoms with van der Waals surface area (Å²) in [6.07, 6.45) is 2.67. The molecule has 2 aromatic rings. The Bertz CT molecular complexity index is 796. The molecule has 0 saturated carbocycles. The van der Waals surface area contributed by atoms with Crippen molar-refractivity contribution in [1.82, 2.24) is 15.6 Å². The molecule has 1 aliphatic rings. The fraction of sp³-hybridized carbons (Fsp3) is 0.389. The van der Waals surface area contributed by atoms with Crippen molar-refractivity contribution in [2.24, 2.45) is 4.99 Å². The molecule has 7 nitrogen and oxygen atoms in total. The molecular weight excluding hydrogens is 477 g/mol. The predicted molar refractivity (Wildman–Crippen MR) is 119 cm³/mol. The van der Waals surface area contributed by atoms with Gasteiger partial charge < -0.3 is 20.3 Å². The second kappa shape index (κ2) is 10.5. The maximum Gasteiger partial charge on any atom is 0.265 e. The normalized spacial score (nSPS) is 13.5. The topological polar surface area (TPSA) is 78.9 Å². The van der Waals surface area contributed by atoms with Gasteiger partial charge in [-0.3, -0.25) is 9.79 Å². The van der Waals surface area contributed by atoms with Crippen LogP contribution in [-0.2, 0) is 11.3 Å². The SMILES string of the molecule is CN=C(NCCCN1C(=O)COc2ccccc21)NCc1ncc(C)s1.I. The molecule has 0 aliphatic carbocycles. The van der Waals surface area contributed by atoms with Crippen LogP contribution >= 0.6 is 35.3 Å². The maximum atomic E-state index is 12.1. The minimum Gasteiger partial charge on any atom is -0.482 e. The van der Waals surface area contributed by atoms with Crippen LogP contribution in [0.4, 0.5) is 5.69 Å². The number of guanidine groups is 1. The van der Waals surface area contributed by atoms with Crippen molar-refractivity contribution in [3.8, 4) is 5.75 Å². The third kappa shape index (κ3) is 5.80. The van der Waals surface area contributed by atoms with Crippen LogP contribution in [-0.4, -0.2) is 43.6 Å². The van der Waals surface area contributed by atoms with Gasteiger partial charge >= 0.3 is 0 Å². The number of ether oxygens (including phenoxy) is 1. The van der Waals surface area contributed by atoms with Crippen LogP contribution in [0.3, 0.4) is 0 Å². The number of aryl methyl sites for hydroxylation is 1. The van der Waals surface area contributed by atoms with Crippen molar-refractivity contribution < 1.29 is 9.53 Å². The lowest BCUT2D eigenvalue weighted by molar-refractivity contribution is -0.121. The number of rotatable bonds is 6. The highest BCUT2D eigenvalue weighted by atomic mass is 127. The minimum atomic E-state index is -0.00894. The fourth-order valence-electron chi connectivity index (χ4n) is 2.71. The zero-order chi connectivity index (χ0) is 18.4. The van der Waals surface area contributed by atoms with E-state index in [-0.39, 0.29) is 36.5 Å². The van der Waals surface area contributed by atoms with Crippen LogP contribution in [0.2, 0.25) is 0 Å². The molecule has 2 heterocycles. The monoisotopic (exact) mass is 501 g/mol. The fourth-order valence-corrected chi connectivity index (χ4v) is 3.43. The standard InChI is InChI=1S/C18H23N5O2S.HI/c1-13-10-21-16(26-13)11-22-18(19-2)20-8-5-9-23-14-6-3-4-7-15(14)25-12-17(23)24;/h3-4,6-7,10H,5,8-9,11-12H2,1-2H3,(H2,19,20,22);1H. The molecule has 0 bridgehead atoms. The number of hydrogen-bond donors (Lipinski definition) is 2. The van der Waals surface area contributed by atoms with Gasteiger partial charge in [-0.05, 0) is 25.5 Å². The molecular formula is C18H24IN5O2S. The van der Waals surface area contributed by atoms with Gasteiger partial charge in [0.1, 0.15) is 10.8 Å². The molecule has 9 heteroatoms. The number of para-hydroxylation sites is 2. The number of aromatic nitrogens is 1. The molecule has 3 rings (SSSR count). The number of carbonyl (C=O) groups excluding carboxylic acids is 1. The molecule has 0 spiro atoms. The van der Waals surface area contributed by atoms with E-state index >= 15 is 0 Å². The molecule has 1 aromatic heterocycles. The van der Waals surface area contributed by atoms with Gasteiger partial charge in [-0.2, -0.15) is 0 Å². The highest BCUT2D eigenvalue weighted by Crippen LogP contribution is 2.31. The summed E-state index contributed by atoms with van der Waals surface area (Å²) in [6, 6.07) is 7.63. The Morgan fingerprint density at radius 3 is 2.93 bits per heavy atom. The zero-order valence-electron chi connectivity index (χ0n) is 15.4. The van der Waals surface area contributed by atoms with E-state index in [2.05, 4.69) is 20.6 Å².